The molecule has 2 aromatic rings. The van der Waals surface area contributed by atoms with Crippen molar-refractivity contribution in [1.29, 1.82) is 0 Å². The van der Waals surface area contributed by atoms with Gasteiger partial charge in [0.2, 0.25) is 0 Å². The maximum atomic E-state index is 11.2. The molecule has 1 aliphatic rings. The van der Waals surface area contributed by atoms with Gasteiger partial charge in [-0.25, -0.2) is 4.98 Å². The minimum Gasteiger partial charge on any atom is -0.384 e. The number of hydrogen-bond donors (Lipinski definition) is 1. The van der Waals surface area contributed by atoms with E-state index in [1.165, 1.54) is 5.57 Å². The predicted octanol–water partition coefficient (Wildman–Crippen LogP) is 5.87. The number of rotatable bonds is 3. The van der Waals surface area contributed by atoms with E-state index >= 15 is 0 Å². The van der Waals surface area contributed by atoms with Crippen LogP contribution in [0.15, 0.2) is 66.3 Å². The number of aliphatic hydroxyl groups is 1. The normalized spacial score (nSPS) is 19.4. The van der Waals surface area contributed by atoms with Crippen LogP contribution in [0.25, 0.3) is 5.69 Å². The van der Waals surface area contributed by atoms with Crippen LogP contribution in [0.3, 0.4) is 0 Å². The van der Waals surface area contributed by atoms with E-state index in [0.717, 1.165) is 23.2 Å². The van der Waals surface area contributed by atoms with Crippen molar-refractivity contribution in [3.05, 3.63) is 71.8 Å². The fraction of sp³-hybridized carbons (Fsp3) is 0.458. The lowest BCUT2D eigenvalue weighted by Crippen LogP contribution is -2.26. The monoisotopic (exact) mass is 364 g/mol. The number of hydrogen-bond acceptors (Lipinski definition) is 2. The third-order valence-electron chi connectivity index (χ3n) is 5.55. The summed E-state index contributed by atoms with van der Waals surface area (Å²) in [6.45, 7) is 13.6. The van der Waals surface area contributed by atoms with Crippen molar-refractivity contribution in [2.45, 2.75) is 54.1 Å². The molecule has 3 rings (SSSR count). The van der Waals surface area contributed by atoms with E-state index < -0.39 is 6.10 Å². The van der Waals surface area contributed by atoms with Gasteiger partial charge >= 0.3 is 0 Å². The van der Waals surface area contributed by atoms with E-state index in [2.05, 4.69) is 58.7 Å². The van der Waals surface area contributed by atoms with Gasteiger partial charge in [0.15, 0.2) is 0 Å². The Hall–Kier alpha value is -2.13. The van der Waals surface area contributed by atoms with Gasteiger partial charge in [-0.2, -0.15) is 0 Å². The van der Waals surface area contributed by atoms with Crippen LogP contribution < -0.4 is 0 Å². The molecule has 1 N–H and O–H groups in total. The molecule has 2 atom stereocenters. The largest absolute Gasteiger partial charge is 0.384 e. The van der Waals surface area contributed by atoms with E-state index in [-0.39, 0.29) is 10.8 Å². The molecule has 1 aromatic heterocycles. The Labute approximate surface area is 163 Å². The van der Waals surface area contributed by atoms with E-state index in [1.807, 2.05) is 35.0 Å². The van der Waals surface area contributed by atoms with Crippen molar-refractivity contribution < 1.29 is 5.11 Å². The van der Waals surface area contributed by atoms with Gasteiger partial charge in [-0.3, -0.25) is 0 Å². The first-order valence-corrected chi connectivity index (χ1v) is 9.75. The van der Waals surface area contributed by atoms with Gasteiger partial charge < -0.3 is 9.67 Å². The fourth-order valence-corrected chi connectivity index (χ4v) is 3.55. The molecule has 0 spiro atoms. The fourth-order valence-electron chi connectivity index (χ4n) is 3.55. The van der Waals surface area contributed by atoms with Gasteiger partial charge in [-0.1, -0.05) is 71.4 Å². The van der Waals surface area contributed by atoms with Crippen LogP contribution in [0.1, 0.15) is 59.6 Å². The highest BCUT2D eigenvalue weighted by Gasteiger charge is 2.32. The molecule has 0 amide bonds. The lowest BCUT2D eigenvalue weighted by molar-refractivity contribution is 0.210. The second-order valence-electron chi connectivity index (χ2n) is 9.73. The van der Waals surface area contributed by atoms with Crippen molar-refractivity contribution >= 4 is 0 Å². The lowest BCUT2D eigenvalue weighted by atomic mass is 9.68. The van der Waals surface area contributed by atoms with Crippen LogP contribution in [-0.4, -0.2) is 14.7 Å². The van der Waals surface area contributed by atoms with Crippen LogP contribution in [-0.2, 0) is 0 Å². The zero-order chi connectivity index (χ0) is 19.8. The molecule has 3 nitrogen and oxygen atoms in total. The average molecular weight is 365 g/mol. The summed E-state index contributed by atoms with van der Waals surface area (Å²) in [7, 11) is 0. The predicted molar refractivity (Wildman–Crippen MR) is 112 cm³/mol. The maximum Gasteiger partial charge on any atom is 0.104 e. The Kier molecular flexibility index (Phi) is 5.18. The van der Waals surface area contributed by atoms with Crippen LogP contribution in [0.4, 0.5) is 0 Å². The van der Waals surface area contributed by atoms with Crippen LogP contribution >= 0.6 is 0 Å². The van der Waals surface area contributed by atoms with Gasteiger partial charge in [0, 0.05) is 18.1 Å². The lowest BCUT2D eigenvalue weighted by Gasteiger charge is -2.37. The van der Waals surface area contributed by atoms with Crippen molar-refractivity contribution in [2.75, 3.05) is 0 Å². The van der Waals surface area contributed by atoms with E-state index in [0.29, 0.717) is 5.92 Å². The molecule has 0 radical (unpaired) electrons. The molecule has 0 aliphatic heterocycles. The first-order chi connectivity index (χ1) is 12.6. The molecule has 144 valence electrons. The summed E-state index contributed by atoms with van der Waals surface area (Å²) in [4.78, 5) is 4.12. The minimum atomic E-state index is -0.629. The zero-order valence-electron chi connectivity index (χ0n) is 17.4. The highest BCUT2D eigenvalue weighted by Crippen LogP contribution is 2.44. The Morgan fingerprint density at radius 3 is 2.48 bits per heavy atom. The van der Waals surface area contributed by atoms with E-state index in [1.54, 1.807) is 12.5 Å². The standard InChI is InChI=1S/C24H32N2O/c1-23(2,3)19-12-18(13-20(15-19)24(4,5)6)22(27)17-8-7-9-21(14-17)26-11-10-25-16-26/h7-14,16,19,22,27H,15H2,1-6H3. The Morgan fingerprint density at radius 2 is 1.89 bits per heavy atom. The summed E-state index contributed by atoms with van der Waals surface area (Å²) in [5.41, 5.74) is 4.59. The van der Waals surface area contributed by atoms with Gasteiger partial charge in [0.1, 0.15) is 6.10 Å². The van der Waals surface area contributed by atoms with Crippen LogP contribution in [0.2, 0.25) is 0 Å². The summed E-state index contributed by atoms with van der Waals surface area (Å²) in [6.07, 6.45) is 10.4. The smallest absolute Gasteiger partial charge is 0.104 e. The van der Waals surface area contributed by atoms with E-state index in [4.69, 9.17) is 0 Å². The summed E-state index contributed by atoms with van der Waals surface area (Å²) in [6, 6.07) is 8.06. The zero-order valence-corrected chi connectivity index (χ0v) is 17.4. The quantitative estimate of drug-likeness (QED) is 0.739. The average Bonchev–Trinajstić information content (AvgIpc) is 3.14. The van der Waals surface area contributed by atoms with Gasteiger partial charge in [-0.15, -0.1) is 0 Å². The number of aliphatic hydroxyl groups excluding tert-OH is 1. The highest BCUT2D eigenvalue weighted by molar-refractivity contribution is 5.43. The highest BCUT2D eigenvalue weighted by atomic mass is 16.3. The number of aromatic nitrogens is 2. The molecule has 0 bridgehead atoms. The molecular weight excluding hydrogens is 332 g/mol. The first-order valence-electron chi connectivity index (χ1n) is 9.75. The molecule has 1 aliphatic carbocycles. The number of allylic oxidation sites excluding steroid dienone is 2. The maximum absolute atomic E-state index is 11.2. The second-order valence-corrected chi connectivity index (χ2v) is 9.73. The van der Waals surface area contributed by atoms with Crippen molar-refractivity contribution in [2.24, 2.45) is 16.7 Å². The van der Waals surface area contributed by atoms with E-state index in [9.17, 15) is 5.11 Å². The molecule has 0 saturated heterocycles. The molecule has 27 heavy (non-hydrogen) atoms. The number of benzene rings is 1. The van der Waals surface area contributed by atoms with Crippen molar-refractivity contribution in [1.82, 2.24) is 9.55 Å². The molecule has 3 heteroatoms. The number of nitrogens with zero attached hydrogens (tertiary/aromatic N) is 2. The molecular formula is C24H32N2O. The Balaban J connectivity index is 1.98. The third-order valence-corrected chi connectivity index (χ3v) is 5.55. The van der Waals surface area contributed by atoms with Crippen molar-refractivity contribution in [3.63, 3.8) is 0 Å². The summed E-state index contributed by atoms with van der Waals surface area (Å²) in [5, 5.41) is 11.2. The summed E-state index contributed by atoms with van der Waals surface area (Å²) >= 11 is 0. The molecule has 2 unspecified atom stereocenters. The Bertz CT molecular complexity index is 845. The van der Waals surface area contributed by atoms with Gasteiger partial charge in [0.05, 0.1) is 6.33 Å². The van der Waals surface area contributed by atoms with Gasteiger partial charge in [-0.05, 0) is 46.4 Å². The minimum absolute atomic E-state index is 0.0986. The summed E-state index contributed by atoms with van der Waals surface area (Å²) < 4.78 is 1.96. The molecule has 0 fully saturated rings. The van der Waals surface area contributed by atoms with Crippen LogP contribution in [0, 0.1) is 16.7 Å². The first kappa shape index (κ1) is 19.6. The molecule has 0 saturated carbocycles. The second kappa shape index (κ2) is 7.12. The third kappa shape index (κ3) is 4.41. The molecule has 1 aromatic carbocycles. The number of imidazole rings is 1. The Morgan fingerprint density at radius 1 is 1.15 bits per heavy atom. The van der Waals surface area contributed by atoms with Crippen molar-refractivity contribution in [3.8, 4) is 5.69 Å². The molecule has 1 heterocycles. The van der Waals surface area contributed by atoms with Crippen LogP contribution in [0.5, 0.6) is 0 Å². The SMILES string of the molecule is CC(C)(C)C1=CC(C(O)c2cccc(-n3ccnc3)c2)=CC(C(C)(C)C)C1. The van der Waals surface area contributed by atoms with Gasteiger partial charge in [0.25, 0.3) is 0 Å². The summed E-state index contributed by atoms with van der Waals surface area (Å²) in [5.74, 6) is 0.415. The topological polar surface area (TPSA) is 38.0 Å².